The third-order valence-corrected chi connectivity index (χ3v) is 2.84. The second-order valence-electron chi connectivity index (χ2n) is 4.31. The molecule has 0 aromatic heterocycles. The van der Waals surface area contributed by atoms with Crippen molar-refractivity contribution in [2.75, 3.05) is 27.4 Å². The highest BCUT2D eigenvalue weighted by Crippen LogP contribution is 2.38. The van der Waals surface area contributed by atoms with Gasteiger partial charge in [-0.2, -0.15) is 0 Å². The molecule has 0 amide bonds. The SMILES string of the molecule is CCCCOc1c(OC)cc(CNCC)cc1OC. The summed E-state index contributed by atoms with van der Waals surface area (Å²) in [5.74, 6) is 2.14. The molecule has 19 heavy (non-hydrogen) atoms. The van der Waals surface area contributed by atoms with E-state index in [2.05, 4.69) is 19.2 Å². The van der Waals surface area contributed by atoms with Crippen LogP contribution in [0.15, 0.2) is 12.1 Å². The van der Waals surface area contributed by atoms with E-state index >= 15 is 0 Å². The predicted octanol–water partition coefficient (Wildman–Crippen LogP) is 2.99. The number of methoxy groups -OCH3 is 2. The maximum Gasteiger partial charge on any atom is 0.203 e. The molecule has 0 heterocycles. The second-order valence-corrected chi connectivity index (χ2v) is 4.31. The van der Waals surface area contributed by atoms with Crippen LogP contribution in [0.1, 0.15) is 32.3 Å². The average Bonchev–Trinajstić information content (AvgIpc) is 2.45. The van der Waals surface area contributed by atoms with Gasteiger partial charge in [0.15, 0.2) is 11.5 Å². The van der Waals surface area contributed by atoms with Gasteiger partial charge in [0.1, 0.15) is 0 Å². The minimum atomic E-state index is 0.676. The maximum atomic E-state index is 5.78. The lowest BCUT2D eigenvalue weighted by atomic mass is 10.1. The number of rotatable bonds is 9. The monoisotopic (exact) mass is 267 g/mol. The summed E-state index contributed by atoms with van der Waals surface area (Å²) in [4.78, 5) is 0. The zero-order valence-electron chi connectivity index (χ0n) is 12.4. The van der Waals surface area contributed by atoms with Gasteiger partial charge in [0.05, 0.1) is 20.8 Å². The molecule has 0 radical (unpaired) electrons. The molecule has 4 nitrogen and oxygen atoms in total. The first-order valence-corrected chi connectivity index (χ1v) is 6.85. The highest BCUT2D eigenvalue weighted by Gasteiger charge is 2.13. The molecule has 0 aliphatic rings. The summed E-state index contributed by atoms with van der Waals surface area (Å²) in [7, 11) is 3.30. The van der Waals surface area contributed by atoms with Crippen LogP contribution in [-0.2, 0) is 6.54 Å². The van der Waals surface area contributed by atoms with Crippen molar-refractivity contribution in [3.05, 3.63) is 17.7 Å². The van der Waals surface area contributed by atoms with Gasteiger partial charge in [0.25, 0.3) is 0 Å². The molecule has 1 rings (SSSR count). The van der Waals surface area contributed by atoms with Gasteiger partial charge >= 0.3 is 0 Å². The van der Waals surface area contributed by atoms with Gasteiger partial charge in [0, 0.05) is 6.54 Å². The van der Waals surface area contributed by atoms with E-state index in [1.54, 1.807) is 14.2 Å². The van der Waals surface area contributed by atoms with Gasteiger partial charge in [0.2, 0.25) is 5.75 Å². The number of hydrogen-bond acceptors (Lipinski definition) is 4. The number of hydrogen-bond donors (Lipinski definition) is 1. The molecule has 1 N–H and O–H groups in total. The van der Waals surface area contributed by atoms with Crippen LogP contribution in [-0.4, -0.2) is 27.4 Å². The van der Waals surface area contributed by atoms with Gasteiger partial charge < -0.3 is 19.5 Å². The Morgan fingerprint density at radius 3 is 2.16 bits per heavy atom. The minimum Gasteiger partial charge on any atom is -0.493 e. The van der Waals surface area contributed by atoms with Crippen LogP contribution < -0.4 is 19.5 Å². The fourth-order valence-electron chi connectivity index (χ4n) is 1.77. The van der Waals surface area contributed by atoms with Crippen molar-refractivity contribution in [3.8, 4) is 17.2 Å². The molecule has 1 aromatic carbocycles. The summed E-state index contributed by atoms with van der Waals surface area (Å²) in [5, 5.41) is 3.29. The Morgan fingerprint density at radius 2 is 1.68 bits per heavy atom. The summed E-state index contributed by atoms with van der Waals surface area (Å²) in [6.45, 7) is 6.61. The highest BCUT2D eigenvalue weighted by atomic mass is 16.5. The molecule has 0 fully saturated rings. The van der Waals surface area contributed by atoms with Crippen molar-refractivity contribution in [1.82, 2.24) is 5.32 Å². The molecular weight excluding hydrogens is 242 g/mol. The lowest BCUT2D eigenvalue weighted by Crippen LogP contribution is -2.12. The predicted molar refractivity (Wildman–Crippen MR) is 77.3 cm³/mol. The summed E-state index contributed by atoms with van der Waals surface area (Å²) in [5.41, 5.74) is 1.12. The van der Waals surface area contributed by atoms with Crippen molar-refractivity contribution in [1.29, 1.82) is 0 Å². The minimum absolute atomic E-state index is 0.676. The fourth-order valence-corrected chi connectivity index (χ4v) is 1.77. The zero-order chi connectivity index (χ0) is 14.1. The zero-order valence-corrected chi connectivity index (χ0v) is 12.4. The smallest absolute Gasteiger partial charge is 0.203 e. The summed E-state index contributed by atoms with van der Waals surface area (Å²) >= 11 is 0. The highest BCUT2D eigenvalue weighted by molar-refractivity contribution is 5.53. The quantitative estimate of drug-likeness (QED) is 0.698. The molecule has 0 spiro atoms. The van der Waals surface area contributed by atoms with Crippen molar-refractivity contribution in [2.45, 2.75) is 33.2 Å². The molecular formula is C15H25NO3. The molecule has 0 unspecified atom stereocenters. The second kappa shape index (κ2) is 8.64. The Morgan fingerprint density at radius 1 is 1.05 bits per heavy atom. The number of ether oxygens (including phenoxy) is 3. The molecule has 4 heteroatoms. The molecule has 0 saturated heterocycles. The Kier molecular flexibility index (Phi) is 7.11. The van der Waals surface area contributed by atoms with Crippen molar-refractivity contribution < 1.29 is 14.2 Å². The van der Waals surface area contributed by atoms with E-state index in [-0.39, 0.29) is 0 Å². The van der Waals surface area contributed by atoms with Gasteiger partial charge in [-0.25, -0.2) is 0 Å². The van der Waals surface area contributed by atoms with Crippen LogP contribution in [0.4, 0.5) is 0 Å². The van der Waals surface area contributed by atoms with Gasteiger partial charge in [-0.3, -0.25) is 0 Å². The number of benzene rings is 1. The van der Waals surface area contributed by atoms with Gasteiger partial charge in [-0.15, -0.1) is 0 Å². The third-order valence-electron chi connectivity index (χ3n) is 2.84. The molecule has 0 saturated carbocycles. The van der Waals surface area contributed by atoms with Gasteiger partial charge in [-0.05, 0) is 30.7 Å². The maximum absolute atomic E-state index is 5.78. The first kappa shape index (κ1) is 15.6. The van der Waals surface area contributed by atoms with E-state index in [4.69, 9.17) is 14.2 Å². The standard InChI is InChI=1S/C15H25NO3/c1-5-7-8-19-15-13(17-3)9-12(11-16-6-2)10-14(15)18-4/h9-10,16H,5-8,11H2,1-4H3. The average molecular weight is 267 g/mol. The first-order valence-electron chi connectivity index (χ1n) is 6.85. The summed E-state index contributed by atoms with van der Waals surface area (Å²) in [6.07, 6.45) is 2.12. The third kappa shape index (κ3) is 4.63. The van der Waals surface area contributed by atoms with E-state index in [1.807, 2.05) is 12.1 Å². The number of nitrogens with one attached hydrogen (secondary N) is 1. The van der Waals surface area contributed by atoms with Crippen LogP contribution in [0.2, 0.25) is 0 Å². The molecule has 0 aliphatic heterocycles. The number of unbranched alkanes of at least 4 members (excludes halogenated alkanes) is 1. The van der Waals surface area contributed by atoms with Crippen LogP contribution in [0.3, 0.4) is 0 Å². The van der Waals surface area contributed by atoms with E-state index in [0.29, 0.717) is 12.4 Å². The summed E-state index contributed by atoms with van der Waals surface area (Å²) < 4.78 is 16.6. The normalized spacial score (nSPS) is 10.3. The summed E-state index contributed by atoms with van der Waals surface area (Å²) in [6, 6.07) is 3.99. The molecule has 0 atom stereocenters. The van der Waals surface area contributed by atoms with E-state index < -0.39 is 0 Å². The molecule has 0 bridgehead atoms. The lowest BCUT2D eigenvalue weighted by molar-refractivity contribution is 0.269. The van der Waals surface area contributed by atoms with Gasteiger partial charge in [-0.1, -0.05) is 20.3 Å². The molecule has 1 aromatic rings. The van der Waals surface area contributed by atoms with Crippen LogP contribution in [0, 0.1) is 0 Å². The Labute approximate surface area is 116 Å². The van der Waals surface area contributed by atoms with Crippen molar-refractivity contribution in [2.24, 2.45) is 0 Å². The van der Waals surface area contributed by atoms with E-state index in [1.165, 1.54) is 0 Å². The van der Waals surface area contributed by atoms with Crippen molar-refractivity contribution >= 4 is 0 Å². The Balaban J connectivity index is 2.93. The Hall–Kier alpha value is -1.42. The largest absolute Gasteiger partial charge is 0.493 e. The fraction of sp³-hybridized carbons (Fsp3) is 0.600. The first-order chi connectivity index (χ1) is 9.26. The Bertz CT molecular complexity index is 355. The van der Waals surface area contributed by atoms with Crippen LogP contribution >= 0.6 is 0 Å². The van der Waals surface area contributed by atoms with Crippen LogP contribution in [0.5, 0.6) is 17.2 Å². The van der Waals surface area contributed by atoms with E-state index in [9.17, 15) is 0 Å². The molecule has 0 aliphatic carbocycles. The molecule has 108 valence electrons. The topological polar surface area (TPSA) is 39.7 Å². The lowest BCUT2D eigenvalue weighted by Gasteiger charge is -2.16. The van der Waals surface area contributed by atoms with Crippen LogP contribution in [0.25, 0.3) is 0 Å². The van der Waals surface area contributed by atoms with E-state index in [0.717, 1.165) is 43.0 Å². The van der Waals surface area contributed by atoms with Crippen molar-refractivity contribution in [3.63, 3.8) is 0 Å².